The van der Waals surface area contributed by atoms with E-state index >= 15 is 0 Å². The van der Waals surface area contributed by atoms with Crippen molar-refractivity contribution >= 4 is 5.91 Å². The van der Waals surface area contributed by atoms with Crippen molar-refractivity contribution in [2.45, 2.75) is 45.4 Å². The molecule has 0 bridgehead atoms. The molecule has 9 nitrogen and oxygen atoms in total. The number of carbonyl (C=O) groups is 1. The van der Waals surface area contributed by atoms with Crippen molar-refractivity contribution in [3.8, 4) is 23.0 Å². The average Bonchev–Trinajstić information content (AvgIpc) is 3.52. The molecule has 1 fully saturated rings. The topological polar surface area (TPSA) is 104 Å². The highest BCUT2D eigenvalue weighted by Gasteiger charge is 2.29. The largest absolute Gasteiger partial charge is 0.454 e. The Hall–Kier alpha value is -3.36. The van der Waals surface area contributed by atoms with Crippen LogP contribution in [-0.4, -0.2) is 46.0 Å². The van der Waals surface area contributed by atoms with E-state index in [1.165, 1.54) is 0 Å². The molecule has 3 aromatic rings. The third-order valence-corrected chi connectivity index (χ3v) is 5.95. The first-order valence-electron chi connectivity index (χ1n) is 10.5. The average molecular weight is 424 g/mol. The van der Waals surface area contributed by atoms with E-state index in [9.17, 15) is 4.79 Å². The van der Waals surface area contributed by atoms with Gasteiger partial charge in [0.25, 0.3) is 0 Å². The Kier molecular flexibility index (Phi) is 5.09. The molecule has 1 aromatic carbocycles. The summed E-state index contributed by atoms with van der Waals surface area (Å²) < 4.78 is 21.9. The SMILES string of the molecule is Cc1noc(C)c1CCC(=O)N1CCC[C@@H](c2nnc(-c3ccc4c(c3)OCO4)o2)C1. The molecule has 162 valence electrons. The summed E-state index contributed by atoms with van der Waals surface area (Å²) in [5.41, 5.74) is 2.65. The summed E-state index contributed by atoms with van der Waals surface area (Å²) in [6, 6.07) is 5.54. The minimum Gasteiger partial charge on any atom is -0.454 e. The summed E-state index contributed by atoms with van der Waals surface area (Å²) in [5, 5.41) is 12.4. The van der Waals surface area contributed by atoms with Crippen LogP contribution >= 0.6 is 0 Å². The van der Waals surface area contributed by atoms with Crippen molar-refractivity contribution in [3.05, 3.63) is 41.1 Å². The number of carbonyl (C=O) groups excluding carboxylic acids is 1. The first-order valence-corrected chi connectivity index (χ1v) is 10.5. The minimum atomic E-state index is 0.0343. The van der Waals surface area contributed by atoms with Crippen LogP contribution in [0.3, 0.4) is 0 Å². The van der Waals surface area contributed by atoms with Crippen LogP contribution in [-0.2, 0) is 11.2 Å². The molecular formula is C22H24N4O5. The van der Waals surface area contributed by atoms with Gasteiger partial charge in [-0.25, -0.2) is 0 Å². The van der Waals surface area contributed by atoms with Crippen LogP contribution in [0.15, 0.2) is 27.1 Å². The minimum absolute atomic E-state index is 0.0343. The Morgan fingerprint density at radius 2 is 2.06 bits per heavy atom. The summed E-state index contributed by atoms with van der Waals surface area (Å²) in [6.07, 6.45) is 2.89. The molecule has 1 atom stereocenters. The molecule has 0 unspecified atom stereocenters. The maximum Gasteiger partial charge on any atom is 0.247 e. The Labute approximate surface area is 179 Å². The van der Waals surface area contributed by atoms with E-state index in [0.29, 0.717) is 42.7 Å². The van der Waals surface area contributed by atoms with Crippen LogP contribution in [0.1, 0.15) is 48.1 Å². The van der Waals surface area contributed by atoms with Crippen LogP contribution in [0.5, 0.6) is 11.5 Å². The number of nitrogens with zero attached hydrogens (tertiary/aromatic N) is 4. The molecule has 31 heavy (non-hydrogen) atoms. The zero-order valence-electron chi connectivity index (χ0n) is 17.6. The predicted molar refractivity (Wildman–Crippen MR) is 109 cm³/mol. The second kappa shape index (κ2) is 8.05. The van der Waals surface area contributed by atoms with Gasteiger partial charge < -0.3 is 23.3 Å². The maximum absolute atomic E-state index is 12.8. The number of benzene rings is 1. The van der Waals surface area contributed by atoms with E-state index in [4.69, 9.17) is 18.4 Å². The first-order chi connectivity index (χ1) is 15.1. The highest BCUT2D eigenvalue weighted by Crippen LogP contribution is 2.36. The Balaban J connectivity index is 1.24. The quantitative estimate of drug-likeness (QED) is 0.614. The predicted octanol–water partition coefficient (Wildman–Crippen LogP) is 3.41. The summed E-state index contributed by atoms with van der Waals surface area (Å²) in [7, 11) is 0. The summed E-state index contributed by atoms with van der Waals surface area (Å²) in [4.78, 5) is 14.7. The van der Waals surface area contributed by atoms with Gasteiger partial charge in [-0.3, -0.25) is 4.79 Å². The van der Waals surface area contributed by atoms with E-state index in [-0.39, 0.29) is 18.6 Å². The summed E-state index contributed by atoms with van der Waals surface area (Å²) in [5.74, 6) is 3.33. The number of aromatic nitrogens is 3. The van der Waals surface area contributed by atoms with Gasteiger partial charge in [0, 0.05) is 30.6 Å². The molecule has 0 aliphatic carbocycles. The zero-order valence-corrected chi connectivity index (χ0v) is 17.6. The fourth-order valence-corrected chi connectivity index (χ4v) is 4.20. The summed E-state index contributed by atoms with van der Waals surface area (Å²) >= 11 is 0. The smallest absolute Gasteiger partial charge is 0.247 e. The van der Waals surface area contributed by atoms with Gasteiger partial charge in [-0.2, -0.15) is 0 Å². The Bertz CT molecular complexity index is 1090. The van der Waals surface area contributed by atoms with E-state index in [0.717, 1.165) is 42.0 Å². The number of piperidine rings is 1. The van der Waals surface area contributed by atoms with Gasteiger partial charge in [0.1, 0.15) is 5.76 Å². The van der Waals surface area contributed by atoms with Crippen molar-refractivity contribution in [2.75, 3.05) is 19.9 Å². The van der Waals surface area contributed by atoms with Crippen LogP contribution in [0.4, 0.5) is 0 Å². The second-order valence-electron chi connectivity index (χ2n) is 8.00. The van der Waals surface area contributed by atoms with Crippen molar-refractivity contribution in [2.24, 2.45) is 0 Å². The van der Waals surface area contributed by atoms with Gasteiger partial charge in [-0.05, 0) is 51.3 Å². The number of hydrogen-bond donors (Lipinski definition) is 0. The molecule has 1 saturated heterocycles. The zero-order chi connectivity index (χ0) is 21.4. The van der Waals surface area contributed by atoms with E-state index in [1.807, 2.05) is 36.9 Å². The molecule has 2 aromatic heterocycles. The number of amides is 1. The van der Waals surface area contributed by atoms with Crippen molar-refractivity contribution in [1.29, 1.82) is 0 Å². The molecule has 2 aliphatic rings. The Morgan fingerprint density at radius 1 is 1.19 bits per heavy atom. The molecule has 4 heterocycles. The molecule has 9 heteroatoms. The van der Waals surface area contributed by atoms with Crippen molar-refractivity contribution in [1.82, 2.24) is 20.3 Å². The summed E-state index contributed by atoms with van der Waals surface area (Å²) in [6.45, 7) is 5.34. The van der Waals surface area contributed by atoms with E-state index in [2.05, 4.69) is 15.4 Å². The number of fused-ring (bicyclic) bond motifs is 1. The molecule has 0 spiro atoms. The van der Waals surface area contributed by atoms with Crippen molar-refractivity contribution in [3.63, 3.8) is 0 Å². The van der Waals surface area contributed by atoms with E-state index in [1.54, 1.807) is 0 Å². The lowest BCUT2D eigenvalue weighted by molar-refractivity contribution is -0.132. The maximum atomic E-state index is 12.8. The van der Waals surface area contributed by atoms with Crippen LogP contribution in [0.2, 0.25) is 0 Å². The number of rotatable bonds is 5. The molecule has 2 aliphatic heterocycles. The fraction of sp³-hybridized carbons (Fsp3) is 0.455. The third kappa shape index (κ3) is 3.87. The van der Waals surface area contributed by atoms with Gasteiger partial charge in [-0.15, -0.1) is 10.2 Å². The number of hydrogen-bond acceptors (Lipinski definition) is 8. The van der Waals surface area contributed by atoms with E-state index < -0.39 is 0 Å². The highest BCUT2D eigenvalue weighted by atomic mass is 16.7. The normalized spacial score (nSPS) is 17.9. The second-order valence-corrected chi connectivity index (χ2v) is 8.00. The van der Waals surface area contributed by atoms with Crippen LogP contribution < -0.4 is 9.47 Å². The monoisotopic (exact) mass is 424 g/mol. The van der Waals surface area contributed by atoms with Crippen LogP contribution in [0.25, 0.3) is 11.5 Å². The van der Waals surface area contributed by atoms with Gasteiger partial charge in [0.15, 0.2) is 11.5 Å². The lowest BCUT2D eigenvalue weighted by atomic mass is 9.97. The lowest BCUT2D eigenvalue weighted by Crippen LogP contribution is -2.39. The van der Waals surface area contributed by atoms with Crippen molar-refractivity contribution < 1.29 is 23.2 Å². The number of likely N-dealkylation sites (tertiary alicyclic amines) is 1. The first kappa shape index (κ1) is 19.6. The van der Waals surface area contributed by atoms with Gasteiger partial charge >= 0.3 is 0 Å². The van der Waals surface area contributed by atoms with Crippen LogP contribution in [0, 0.1) is 13.8 Å². The molecule has 0 saturated carbocycles. The fourth-order valence-electron chi connectivity index (χ4n) is 4.20. The highest BCUT2D eigenvalue weighted by molar-refractivity contribution is 5.76. The number of ether oxygens (including phenoxy) is 2. The van der Waals surface area contributed by atoms with Gasteiger partial charge in [-0.1, -0.05) is 5.16 Å². The molecular weight excluding hydrogens is 400 g/mol. The molecule has 0 radical (unpaired) electrons. The molecule has 0 N–H and O–H groups in total. The van der Waals surface area contributed by atoms with Gasteiger partial charge in [0.05, 0.1) is 11.6 Å². The lowest BCUT2D eigenvalue weighted by Gasteiger charge is -2.31. The number of aryl methyl sites for hydroxylation is 2. The molecule has 1 amide bonds. The Morgan fingerprint density at radius 3 is 2.90 bits per heavy atom. The standard InChI is InChI=1S/C22H24N4O5/c1-13-17(14(2)31-25-13)6-8-20(27)26-9-3-4-16(11-26)22-24-23-21(30-22)15-5-7-18-19(10-15)29-12-28-18/h5,7,10,16H,3-4,6,8-9,11-12H2,1-2H3/t16-/m1/s1. The molecule has 5 rings (SSSR count). The van der Waals surface area contributed by atoms with Gasteiger partial charge in [0.2, 0.25) is 24.5 Å². The third-order valence-electron chi connectivity index (χ3n) is 5.95.